The molecular formula is C14H25ClN2OS. The van der Waals surface area contributed by atoms with Gasteiger partial charge in [-0.25, -0.2) is 4.98 Å². The molecule has 1 aromatic heterocycles. The number of thiazole rings is 1. The molecule has 1 N–H and O–H groups in total. The maximum Gasteiger partial charge on any atom is 0.187 e. The molecule has 0 saturated heterocycles. The predicted molar refractivity (Wildman–Crippen MR) is 84.2 cm³/mol. The van der Waals surface area contributed by atoms with E-state index in [0.29, 0.717) is 17.0 Å². The highest BCUT2D eigenvalue weighted by Gasteiger charge is 2.15. The predicted octanol–water partition coefficient (Wildman–Crippen LogP) is 4.19. The fraction of sp³-hybridized carbons (Fsp3) is 0.786. The Morgan fingerprint density at radius 2 is 1.68 bits per heavy atom. The van der Waals surface area contributed by atoms with Crippen molar-refractivity contribution in [2.45, 2.75) is 47.1 Å². The van der Waals surface area contributed by atoms with E-state index in [1.54, 1.807) is 0 Å². The lowest BCUT2D eigenvalue weighted by Crippen LogP contribution is -2.27. The standard InChI is InChI=1S/C14H25ClN2OS/c1-10(2)5-7-17(8-6-11(3)4)14-16-13(15)12(9-18)19-14/h10-11,18H,5-9H2,1-4H3. The van der Waals surface area contributed by atoms with E-state index in [9.17, 15) is 5.11 Å². The first kappa shape index (κ1) is 16.7. The molecule has 0 amide bonds. The molecule has 5 heteroatoms. The molecule has 3 nitrogen and oxygen atoms in total. The molecule has 0 unspecified atom stereocenters. The SMILES string of the molecule is CC(C)CCN(CCC(C)C)c1nc(Cl)c(CO)s1. The van der Waals surface area contributed by atoms with Gasteiger partial charge in [0.2, 0.25) is 0 Å². The summed E-state index contributed by atoms with van der Waals surface area (Å²) in [6.07, 6.45) is 2.29. The highest BCUT2D eigenvalue weighted by atomic mass is 35.5. The minimum atomic E-state index is -0.0291. The van der Waals surface area contributed by atoms with Crippen LogP contribution in [0.5, 0.6) is 0 Å². The van der Waals surface area contributed by atoms with Crippen molar-refractivity contribution in [1.29, 1.82) is 0 Å². The zero-order valence-electron chi connectivity index (χ0n) is 12.3. The van der Waals surface area contributed by atoms with Crippen molar-refractivity contribution in [3.05, 3.63) is 10.0 Å². The summed E-state index contributed by atoms with van der Waals surface area (Å²) in [5, 5.41) is 10.6. The van der Waals surface area contributed by atoms with Gasteiger partial charge in [0, 0.05) is 13.1 Å². The molecular weight excluding hydrogens is 280 g/mol. The van der Waals surface area contributed by atoms with E-state index in [1.165, 1.54) is 11.3 Å². The Hall–Kier alpha value is -0.320. The minimum Gasteiger partial charge on any atom is -0.391 e. The molecule has 0 fully saturated rings. The molecule has 0 saturated carbocycles. The summed E-state index contributed by atoms with van der Waals surface area (Å²) in [5.41, 5.74) is 0. The van der Waals surface area contributed by atoms with Crippen LogP contribution in [0.2, 0.25) is 5.15 Å². The molecule has 0 aromatic carbocycles. The monoisotopic (exact) mass is 304 g/mol. The number of anilines is 1. The van der Waals surface area contributed by atoms with Crippen LogP contribution in [0.25, 0.3) is 0 Å². The Morgan fingerprint density at radius 1 is 1.16 bits per heavy atom. The Labute approximate surface area is 125 Å². The van der Waals surface area contributed by atoms with Crippen molar-refractivity contribution < 1.29 is 5.11 Å². The van der Waals surface area contributed by atoms with Gasteiger partial charge in [-0.15, -0.1) is 0 Å². The number of aliphatic hydroxyl groups excluding tert-OH is 1. The quantitative estimate of drug-likeness (QED) is 0.782. The normalized spacial score (nSPS) is 11.6. The third-order valence-electron chi connectivity index (χ3n) is 3.01. The summed E-state index contributed by atoms with van der Waals surface area (Å²) in [6.45, 7) is 10.9. The smallest absolute Gasteiger partial charge is 0.187 e. The second-order valence-corrected chi connectivity index (χ2v) is 7.14. The van der Waals surface area contributed by atoms with Crippen molar-refractivity contribution >= 4 is 28.1 Å². The van der Waals surface area contributed by atoms with E-state index < -0.39 is 0 Å². The number of halogens is 1. The number of hydrogen-bond acceptors (Lipinski definition) is 4. The van der Waals surface area contributed by atoms with Gasteiger partial charge in [0.15, 0.2) is 5.13 Å². The van der Waals surface area contributed by atoms with Gasteiger partial charge in [0.25, 0.3) is 0 Å². The van der Waals surface area contributed by atoms with Crippen LogP contribution in [-0.4, -0.2) is 23.2 Å². The molecule has 1 aromatic rings. The van der Waals surface area contributed by atoms with Crippen LogP contribution in [0.15, 0.2) is 0 Å². The van der Waals surface area contributed by atoms with Crippen molar-refractivity contribution in [3.8, 4) is 0 Å². The van der Waals surface area contributed by atoms with Gasteiger partial charge >= 0.3 is 0 Å². The van der Waals surface area contributed by atoms with Crippen LogP contribution in [0, 0.1) is 11.8 Å². The van der Waals surface area contributed by atoms with E-state index in [2.05, 4.69) is 37.6 Å². The van der Waals surface area contributed by atoms with E-state index in [0.717, 1.165) is 35.9 Å². The van der Waals surface area contributed by atoms with Crippen molar-refractivity contribution in [2.24, 2.45) is 11.8 Å². The number of hydrogen-bond donors (Lipinski definition) is 1. The molecule has 1 rings (SSSR count). The summed E-state index contributed by atoms with van der Waals surface area (Å²) >= 11 is 7.53. The summed E-state index contributed by atoms with van der Waals surface area (Å²) < 4.78 is 0. The largest absolute Gasteiger partial charge is 0.391 e. The molecule has 0 aliphatic heterocycles. The lowest BCUT2D eigenvalue weighted by Gasteiger charge is -2.23. The lowest BCUT2D eigenvalue weighted by molar-refractivity contribution is 0.285. The average Bonchev–Trinajstić information content (AvgIpc) is 2.69. The van der Waals surface area contributed by atoms with Gasteiger partial charge in [-0.05, 0) is 24.7 Å². The Kier molecular flexibility index (Phi) is 7.11. The van der Waals surface area contributed by atoms with Crippen molar-refractivity contribution in [2.75, 3.05) is 18.0 Å². The first-order chi connectivity index (χ1) is 8.93. The molecule has 0 atom stereocenters. The van der Waals surface area contributed by atoms with Gasteiger partial charge in [-0.1, -0.05) is 50.6 Å². The van der Waals surface area contributed by atoms with E-state index in [-0.39, 0.29) is 6.61 Å². The second-order valence-electron chi connectivity index (χ2n) is 5.72. The highest BCUT2D eigenvalue weighted by molar-refractivity contribution is 7.16. The Balaban J connectivity index is 2.74. The van der Waals surface area contributed by atoms with Gasteiger partial charge < -0.3 is 10.0 Å². The lowest BCUT2D eigenvalue weighted by atomic mass is 10.1. The zero-order chi connectivity index (χ0) is 14.4. The average molecular weight is 305 g/mol. The van der Waals surface area contributed by atoms with Crippen molar-refractivity contribution in [3.63, 3.8) is 0 Å². The molecule has 0 bridgehead atoms. The molecule has 19 heavy (non-hydrogen) atoms. The van der Waals surface area contributed by atoms with Gasteiger partial charge in [-0.2, -0.15) is 0 Å². The molecule has 0 aliphatic rings. The van der Waals surface area contributed by atoms with E-state index >= 15 is 0 Å². The topological polar surface area (TPSA) is 36.4 Å². The summed E-state index contributed by atoms with van der Waals surface area (Å²) in [7, 11) is 0. The van der Waals surface area contributed by atoms with Crippen LogP contribution in [0.3, 0.4) is 0 Å². The first-order valence-electron chi connectivity index (χ1n) is 6.95. The summed E-state index contributed by atoms with van der Waals surface area (Å²) in [6, 6.07) is 0. The molecule has 1 heterocycles. The van der Waals surface area contributed by atoms with Crippen LogP contribution >= 0.6 is 22.9 Å². The van der Waals surface area contributed by atoms with Crippen LogP contribution in [0.1, 0.15) is 45.4 Å². The first-order valence-corrected chi connectivity index (χ1v) is 8.14. The van der Waals surface area contributed by atoms with E-state index in [1.807, 2.05) is 0 Å². The second kappa shape index (κ2) is 8.08. The maximum absolute atomic E-state index is 9.22. The molecule has 110 valence electrons. The fourth-order valence-electron chi connectivity index (χ4n) is 1.69. The molecule has 0 spiro atoms. The number of rotatable bonds is 8. The number of nitrogens with zero attached hydrogens (tertiary/aromatic N) is 2. The highest BCUT2D eigenvalue weighted by Crippen LogP contribution is 2.30. The Bertz CT molecular complexity index is 368. The third-order valence-corrected chi connectivity index (χ3v) is 4.53. The van der Waals surface area contributed by atoms with Crippen LogP contribution in [0.4, 0.5) is 5.13 Å². The van der Waals surface area contributed by atoms with Gasteiger partial charge in [0.05, 0.1) is 11.5 Å². The van der Waals surface area contributed by atoms with Crippen LogP contribution < -0.4 is 4.90 Å². The maximum atomic E-state index is 9.22. The van der Waals surface area contributed by atoms with Crippen LogP contribution in [-0.2, 0) is 6.61 Å². The molecule has 0 aliphatic carbocycles. The summed E-state index contributed by atoms with van der Waals surface area (Å²) in [5.74, 6) is 1.35. The van der Waals surface area contributed by atoms with Gasteiger partial charge in [-0.3, -0.25) is 0 Å². The third kappa shape index (κ3) is 5.67. The molecule has 0 radical (unpaired) electrons. The fourth-order valence-corrected chi connectivity index (χ4v) is 2.85. The van der Waals surface area contributed by atoms with E-state index in [4.69, 9.17) is 11.6 Å². The minimum absolute atomic E-state index is 0.0291. The number of aromatic nitrogens is 1. The Morgan fingerprint density at radius 3 is 2.05 bits per heavy atom. The zero-order valence-corrected chi connectivity index (χ0v) is 13.9. The van der Waals surface area contributed by atoms with Gasteiger partial charge in [0.1, 0.15) is 5.15 Å². The summed E-state index contributed by atoms with van der Waals surface area (Å²) in [4.78, 5) is 7.45. The van der Waals surface area contributed by atoms with Crippen molar-refractivity contribution in [1.82, 2.24) is 4.98 Å². The number of aliphatic hydroxyl groups is 1.